The van der Waals surface area contributed by atoms with Crippen LogP contribution >= 0.6 is 0 Å². The number of aliphatic hydroxyl groups excluding tert-OH is 1. The van der Waals surface area contributed by atoms with Crippen LogP contribution in [0.5, 0.6) is 0 Å². The van der Waals surface area contributed by atoms with Crippen molar-refractivity contribution >= 4 is 5.91 Å². The summed E-state index contributed by atoms with van der Waals surface area (Å²) in [5, 5.41) is 16.8. The van der Waals surface area contributed by atoms with Gasteiger partial charge >= 0.3 is 0 Å². The molecule has 0 spiro atoms. The van der Waals surface area contributed by atoms with Gasteiger partial charge in [0, 0.05) is 12.7 Å². The van der Waals surface area contributed by atoms with Gasteiger partial charge in [0.05, 0.1) is 23.9 Å². The van der Waals surface area contributed by atoms with Crippen LogP contribution in [0.25, 0.3) is 0 Å². The fourth-order valence-corrected chi connectivity index (χ4v) is 2.99. The first-order valence-corrected chi connectivity index (χ1v) is 6.89. The SMILES string of the molecule is Cc1c(C(=O)NC2(CO)CCCC(C)C2)cnn1C. The second-order valence-electron chi connectivity index (χ2n) is 5.86. The van der Waals surface area contributed by atoms with Crippen molar-refractivity contribution in [3.05, 3.63) is 17.5 Å². The van der Waals surface area contributed by atoms with E-state index in [0.717, 1.165) is 25.0 Å². The molecule has 2 atom stereocenters. The minimum absolute atomic E-state index is 0.00237. The zero-order valence-corrected chi connectivity index (χ0v) is 11.9. The lowest BCUT2D eigenvalue weighted by molar-refractivity contribution is 0.0696. The summed E-state index contributed by atoms with van der Waals surface area (Å²) >= 11 is 0. The smallest absolute Gasteiger partial charge is 0.255 e. The summed E-state index contributed by atoms with van der Waals surface area (Å²) in [5.41, 5.74) is 0.972. The normalized spacial score (nSPS) is 27.3. The number of nitrogens with zero attached hydrogens (tertiary/aromatic N) is 2. The first-order chi connectivity index (χ1) is 8.97. The second-order valence-corrected chi connectivity index (χ2v) is 5.86. The number of hydrogen-bond donors (Lipinski definition) is 2. The van der Waals surface area contributed by atoms with E-state index in [0.29, 0.717) is 11.5 Å². The molecule has 0 aliphatic heterocycles. The summed E-state index contributed by atoms with van der Waals surface area (Å²) in [6.45, 7) is 4.05. The van der Waals surface area contributed by atoms with Crippen molar-refractivity contribution in [2.75, 3.05) is 6.61 Å². The molecule has 5 heteroatoms. The van der Waals surface area contributed by atoms with Crippen LogP contribution in [0.2, 0.25) is 0 Å². The minimum atomic E-state index is -0.461. The van der Waals surface area contributed by atoms with Crippen LogP contribution in [0.1, 0.15) is 48.7 Å². The predicted octanol–water partition coefficient (Wildman–Crippen LogP) is 1.40. The zero-order valence-electron chi connectivity index (χ0n) is 11.9. The Balaban J connectivity index is 2.14. The van der Waals surface area contributed by atoms with Gasteiger partial charge in [0.15, 0.2) is 0 Å². The Kier molecular flexibility index (Phi) is 3.94. The molecule has 1 heterocycles. The maximum absolute atomic E-state index is 12.3. The average molecular weight is 265 g/mol. The van der Waals surface area contributed by atoms with Gasteiger partial charge in [-0.05, 0) is 25.7 Å². The molecular weight excluding hydrogens is 242 g/mol. The Bertz CT molecular complexity index is 469. The highest BCUT2D eigenvalue weighted by Crippen LogP contribution is 2.32. The molecule has 1 saturated carbocycles. The summed E-state index contributed by atoms with van der Waals surface area (Å²) in [5.74, 6) is 0.407. The van der Waals surface area contributed by atoms with E-state index < -0.39 is 5.54 Å². The molecule has 1 aliphatic carbocycles. The molecule has 1 aliphatic rings. The maximum atomic E-state index is 12.3. The minimum Gasteiger partial charge on any atom is -0.394 e. The van der Waals surface area contributed by atoms with Crippen LogP contribution in [0, 0.1) is 12.8 Å². The monoisotopic (exact) mass is 265 g/mol. The number of carbonyl (C=O) groups excluding carboxylic acids is 1. The summed E-state index contributed by atoms with van der Waals surface area (Å²) in [6.07, 6.45) is 5.49. The van der Waals surface area contributed by atoms with Crippen molar-refractivity contribution in [3.8, 4) is 0 Å². The predicted molar refractivity (Wildman–Crippen MR) is 72.9 cm³/mol. The Labute approximate surface area is 114 Å². The molecule has 2 rings (SSSR count). The summed E-state index contributed by atoms with van der Waals surface area (Å²) in [6, 6.07) is 0. The highest BCUT2D eigenvalue weighted by Gasteiger charge is 2.36. The summed E-state index contributed by atoms with van der Waals surface area (Å²) in [4.78, 5) is 12.3. The lowest BCUT2D eigenvalue weighted by atomic mass is 9.76. The van der Waals surface area contributed by atoms with Crippen molar-refractivity contribution < 1.29 is 9.90 Å². The Morgan fingerprint density at radius 2 is 2.42 bits per heavy atom. The molecule has 2 unspecified atom stereocenters. The van der Waals surface area contributed by atoms with E-state index in [1.807, 2.05) is 14.0 Å². The van der Waals surface area contributed by atoms with Crippen molar-refractivity contribution in [2.24, 2.45) is 13.0 Å². The molecule has 1 aromatic heterocycles. The third-order valence-corrected chi connectivity index (χ3v) is 4.25. The van der Waals surface area contributed by atoms with Gasteiger partial charge in [-0.15, -0.1) is 0 Å². The Morgan fingerprint density at radius 3 is 2.95 bits per heavy atom. The lowest BCUT2D eigenvalue weighted by Crippen LogP contribution is -2.53. The standard InChI is InChI=1S/C14H23N3O2/c1-10-5-4-6-14(7-10,9-18)16-13(19)12-8-15-17(3)11(12)2/h8,10,18H,4-7,9H2,1-3H3,(H,16,19). The molecule has 1 fully saturated rings. The van der Waals surface area contributed by atoms with Crippen LogP contribution in [0.15, 0.2) is 6.20 Å². The van der Waals surface area contributed by atoms with Gasteiger partial charge in [-0.3, -0.25) is 9.48 Å². The molecule has 1 amide bonds. The van der Waals surface area contributed by atoms with Crippen LogP contribution in [-0.2, 0) is 7.05 Å². The van der Waals surface area contributed by atoms with E-state index >= 15 is 0 Å². The fraction of sp³-hybridized carbons (Fsp3) is 0.714. The van der Waals surface area contributed by atoms with Crippen molar-refractivity contribution in [3.63, 3.8) is 0 Å². The number of aromatic nitrogens is 2. The van der Waals surface area contributed by atoms with E-state index in [9.17, 15) is 9.90 Å². The van der Waals surface area contributed by atoms with Gasteiger partial charge < -0.3 is 10.4 Å². The van der Waals surface area contributed by atoms with E-state index in [1.54, 1.807) is 10.9 Å². The molecule has 0 aromatic carbocycles. The van der Waals surface area contributed by atoms with E-state index in [4.69, 9.17) is 0 Å². The molecular formula is C14H23N3O2. The van der Waals surface area contributed by atoms with E-state index in [2.05, 4.69) is 17.3 Å². The number of hydrogen-bond acceptors (Lipinski definition) is 3. The average Bonchev–Trinajstić information content (AvgIpc) is 2.70. The number of amides is 1. The fourth-order valence-electron chi connectivity index (χ4n) is 2.99. The van der Waals surface area contributed by atoms with Gasteiger partial charge in [-0.25, -0.2) is 0 Å². The zero-order chi connectivity index (χ0) is 14.0. The molecule has 0 saturated heterocycles. The van der Waals surface area contributed by atoms with Crippen molar-refractivity contribution in [1.82, 2.24) is 15.1 Å². The molecule has 0 bridgehead atoms. The summed E-state index contributed by atoms with van der Waals surface area (Å²) in [7, 11) is 1.82. The summed E-state index contributed by atoms with van der Waals surface area (Å²) < 4.78 is 1.68. The lowest BCUT2D eigenvalue weighted by Gasteiger charge is -2.39. The number of carbonyl (C=O) groups is 1. The van der Waals surface area contributed by atoms with Crippen LogP contribution in [0.3, 0.4) is 0 Å². The molecule has 1 aromatic rings. The molecule has 2 N–H and O–H groups in total. The van der Waals surface area contributed by atoms with E-state index in [1.165, 1.54) is 6.42 Å². The highest BCUT2D eigenvalue weighted by molar-refractivity contribution is 5.95. The van der Waals surface area contributed by atoms with E-state index in [-0.39, 0.29) is 12.5 Å². The van der Waals surface area contributed by atoms with Crippen LogP contribution in [0.4, 0.5) is 0 Å². The number of aliphatic hydroxyl groups is 1. The van der Waals surface area contributed by atoms with Gasteiger partial charge in [-0.2, -0.15) is 5.10 Å². The Hall–Kier alpha value is -1.36. The van der Waals surface area contributed by atoms with Crippen LogP contribution in [-0.4, -0.2) is 32.9 Å². The topological polar surface area (TPSA) is 67.2 Å². The third kappa shape index (κ3) is 2.81. The third-order valence-electron chi connectivity index (χ3n) is 4.25. The largest absolute Gasteiger partial charge is 0.394 e. The first-order valence-electron chi connectivity index (χ1n) is 6.89. The number of rotatable bonds is 3. The Morgan fingerprint density at radius 1 is 1.68 bits per heavy atom. The number of nitrogens with one attached hydrogen (secondary N) is 1. The second kappa shape index (κ2) is 5.33. The highest BCUT2D eigenvalue weighted by atomic mass is 16.3. The molecule has 19 heavy (non-hydrogen) atoms. The number of aryl methyl sites for hydroxylation is 1. The molecule has 0 radical (unpaired) electrons. The van der Waals surface area contributed by atoms with Gasteiger partial charge in [0.25, 0.3) is 5.91 Å². The van der Waals surface area contributed by atoms with Crippen LogP contribution < -0.4 is 5.32 Å². The maximum Gasteiger partial charge on any atom is 0.255 e. The quantitative estimate of drug-likeness (QED) is 0.868. The molecule has 5 nitrogen and oxygen atoms in total. The van der Waals surface area contributed by atoms with Gasteiger partial charge in [0.2, 0.25) is 0 Å². The first kappa shape index (κ1) is 14.1. The van der Waals surface area contributed by atoms with Crippen molar-refractivity contribution in [1.29, 1.82) is 0 Å². The molecule has 106 valence electrons. The van der Waals surface area contributed by atoms with Gasteiger partial charge in [0.1, 0.15) is 0 Å². The van der Waals surface area contributed by atoms with Crippen molar-refractivity contribution in [2.45, 2.75) is 45.1 Å². The van der Waals surface area contributed by atoms with Gasteiger partial charge in [-0.1, -0.05) is 19.8 Å².